The fraction of sp³-hybridized carbons (Fsp3) is 0.900. The Bertz CT molecular complexity index is 370. The van der Waals surface area contributed by atoms with Gasteiger partial charge in [-0.1, -0.05) is 6.92 Å². The van der Waals surface area contributed by atoms with Gasteiger partial charge >= 0.3 is 0 Å². The average Bonchev–Trinajstić information content (AvgIpc) is 2.14. The molecule has 0 spiro atoms. The molecule has 0 aromatic carbocycles. The van der Waals surface area contributed by atoms with E-state index in [4.69, 9.17) is 5.73 Å². The summed E-state index contributed by atoms with van der Waals surface area (Å²) < 4.78 is 22.7. The van der Waals surface area contributed by atoms with Crippen LogP contribution in [0.3, 0.4) is 0 Å². The molecule has 7 heteroatoms. The van der Waals surface area contributed by atoms with E-state index in [0.717, 1.165) is 0 Å². The number of nitrogens with two attached hydrogens (primary N) is 1. The highest BCUT2D eigenvalue weighted by Crippen LogP contribution is 2.15. The van der Waals surface area contributed by atoms with E-state index in [9.17, 15) is 13.2 Å². The zero-order valence-corrected chi connectivity index (χ0v) is 12.1. The van der Waals surface area contributed by atoms with Crippen molar-refractivity contribution in [2.45, 2.75) is 32.9 Å². The van der Waals surface area contributed by atoms with Gasteiger partial charge in [0, 0.05) is 18.6 Å². The van der Waals surface area contributed by atoms with Gasteiger partial charge in [0.25, 0.3) is 0 Å². The first-order chi connectivity index (χ1) is 7.24. The van der Waals surface area contributed by atoms with Crippen molar-refractivity contribution in [1.29, 1.82) is 0 Å². The second-order valence-corrected chi connectivity index (χ2v) is 6.87. The summed E-state index contributed by atoms with van der Waals surface area (Å²) in [5.41, 5.74) is 5.68. The molecule has 0 aromatic rings. The number of hydrogen-bond acceptors (Lipinski definition) is 4. The van der Waals surface area contributed by atoms with Crippen LogP contribution in [0.1, 0.15) is 20.8 Å². The van der Waals surface area contributed by atoms with Gasteiger partial charge in [-0.25, -0.2) is 8.42 Å². The van der Waals surface area contributed by atoms with Crippen molar-refractivity contribution in [3.63, 3.8) is 0 Å². The molecule has 1 aliphatic rings. The number of sulfone groups is 1. The van der Waals surface area contributed by atoms with E-state index in [0.29, 0.717) is 6.54 Å². The first-order valence-corrected chi connectivity index (χ1v) is 7.33. The van der Waals surface area contributed by atoms with Crippen LogP contribution in [0.4, 0.5) is 0 Å². The van der Waals surface area contributed by atoms with Crippen LogP contribution >= 0.6 is 12.4 Å². The fourth-order valence-corrected chi connectivity index (χ4v) is 3.37. The summed E-state index contributed by atoms with van der Waals surface area (Å²) in [5.74, 6) is -0.181. The highest BCUT2D eigenvalue weighted by atomic mass is 35.5. The lowest BCUT2D eigenvalue weighted by Gasteiger charge is -2.35. The summed E-state index contributed by atoms with van der Waals surface area (Å²) in [6.07, 6.45) is 0. The molecule has 0 saturated carbocycles. The second kappa shape index (κ2) is 6.02. The normalized spacial score (nSPS) is 26.8. The molecule has 1 amide bonds. The summed E-state index contributed by atoms with van der Waals surface area (Å²) in [4.78, 5) is 13.6. The smallest absolute Gasteiger partial charge is 0.227 e. The third-order valence-corrected chi connectivity index (χ3v) is 4.93. The molecule has 0 radical (unpaired) electrons. The van der Waals surface area contributed by atoms with Crippen LogP contribution < -0.4 is 5.73 Å². The van der Waals surface area contributed by atoms with Crippen LogP contribution in [-0.4, -0.2) is 49.4 Å². The van der Waals surface area contributed by atoms with Crippen LogP contribution in [0.25, 0.3) is 0 Å². The number of carbonyl (C=O) groups excluding carboxylic acids is 1. The Morgan fingerprint density at radius 3 is 2.35 bits per heavy atom. The van der Waals surface area contributed by atoms with E-state index in [2.05, 4.69) is 0 Å². The minimum Gasteiger partial charge on any atom is -0.338 e. The summed E-state index contributed by atoms with van der Waals surface area (Å²) in [7, 11) is -2.97. The van der Waals surface area contributed by atoms with Crippen LogP contribution in [0.15, 0.2) is 0 Å². The van der Waals surface area contributed by atoms with Gasteiger partial charge in [0.15, 0.2) is 9.84 Å². The quantitative estimate of drug-likeness (QED) is 0.776. The average molecular weight is 285 g/mol. The fourth-order valence-electron chi connectivity index (χ4n) is 1.81. The Kier molecular flexibility index (Phi) is 5.90. The molecule has 1 heterocycles. The van der Waals surface area contributed by atoms with Crippen molar-refractivity contribution in [1.82, 2.24) is 4.90 Å². The van der Waals surface area contributed by atoms with Gasteiger partial charge in [0.2, 0.25) is 5.91 Å². The Hall–Kier alpha value is -0.330. The largest absolute Gasteiger partial charge is 0.338 e. The topological polar surface area (TPSA) is 80.5 Å². The van der Waals surface area contributed by atoms with Crippen LogP contribution in [0, 0.1) is 5.92 Å². The van der Waals surface area contributed by atoms with Gasteiger partial charge in [0.1, 0.15) is 0 Å². The molecule has 17 heavy (non-hydrogen) atoms. The first kappa shape index (κ1) is 16.7. The van der Waals surface area contributed by atoms with Crippen molar-refractivity contribution < 1.29 is 13.2 Å². The van der Waals surface area contributed by atoms with E-state index in [1.54, 1.807) is 25.7 Å². The molecule has 3 unspecified atom stereocenters. The highest BCUT2D eigenvalue weighted by molar-refractivity contribution is 7.91. The Morgan fingerprint density at radius 2 is 1.94 bits per heavy atom. The Labute approximate surface area is 109 Å². The standard InChI is InChI=1S/C10H20N2O3S.ClH/c1-7-6-16(14,15)5-4-12(7)10(13)8(2)9(3)11;/h7-9H,4-6,11H2,1-3H3;1H. The number of amides is 1. The van der Waals surface area contributed by atoms with Crippen molar-refractivity contribution in [3.8, 4) is 0 Å². The summed E-state index contributed by atoms with van der Waals surface area (Å²) in [6, 6.07) is -0.453. The summed E-state index contributed by atoms with van der Waals surface area (Å²) in [6.45, 7) is 5.62. The predicted octanol–water partition coefficient (Wildman–Crippen LogP) is 0.0370. The lowest BCUT2D eigenvalue weighted by Crippen LogP contribution is -2.53. The number of carbonyl (C=O) groups is 1. The molecular weight excluding hydrogens is 264 g/mol. The molecule has 0 aromatic heterocycles. The van der Waals surface area contributed by atoms with E-state index in [1.165, 1.54) is 0 Å². The lowest BCUT2D eigenvalue weighted by atomic mass is 10.0. The van der Waals surface area contributed by atoms with Crippen molar-refractivity contribution in [2.24, 2.45) is 11.7 Å². The number of nitrogens with zero attached hydrogens (tertiary/aromatic N) is 1. The van der Waals surface area contributed by atoms with E-state index in [1.807, 2.05) is 0 Å². The van der Waals surface area contributed by atoms with Gasteiger partial charge in [0.05, 0.1) is 17.4 Å². The molecule has 0 aliphatic carbocycles. The number of hydrogen-bond donors (Lipinski definition) is 1. The maximum atomic E-state index is 12.0. The zero-order chi connectivity index (χ0) is 12.5. The van der Waals surface area contributed by atoms with Crippen LogP contribution in [0.5, 0.6) is 0 Å². The second-order valence-electron chi connectivity index (χ2n) is 4.64. The van der Waals surface area contributed by atoms with Crippen molar-refractivity contribution in [2.75, 3.05) is 18.1 Å². The lowest BCUT2D eigenvalue weighted by molar-refractivity contribution is -0.137. The van der Waals surface area contributed by atoms with Crippen molar-refractivity contribution in [3.05, 3.63) is 0 Å². The van der Waals surface area contributed by atoms with Crippen molar-refractivity contribution >= 4 is 28.2 Å². The zero-order valence-electron chi connectivity index (χ0n) is 10.4. The molecular formula is C10H21ClN2O3S. The molecule has 1 aliphatic heterocycles. The summed E-state index contributed by atoms with van der Waals surface area (Å²) in [5, 5.41) is 0. The Balaban J connectivity index is 0.00000256. The molecule has 102 valence electrons. The molecule has 5 nitrogen and oxygen atoms in total. The van der Waals surface area contributed by atoms with Gasteiger partial charge in [-0.05, 0) is 13.8 Å². The van der Waals surface area contributed by atoms with E-state index >= 15 is 0 Å². The molecule has 1 fully saturated rings. The predicted molar refractivity (Wildman–Crippen MR) is 69.9 cm³/mol. The molecule has 2 N–H and O–H groups in total. The van der Waals surface area contributed by atoms with E-state index < -0.39 is 9.84 Å². The minimum absolute atomic E-state index is 0. The summed E-state index contributed by atoms with van der Waals surface area (Å²) >= 11 is 0. The molecule has 0 bridgehead atoms. The first-order valence-electron chi connectivity index (χ1n) is 5.51. The van der Waals surface area contributed by atoms with Crippen LogP contribution in [0.2, 0.25) is 0 Å². The Morgan fingerprint density at radius 1 is 1.41 bits per heavy atom. The minimum atomic E-state index is -2.97. The van der Waals surface area contributed by atoms with E-state index in [-0.39, 0.29) is 47.8 Å². The third-order valence-electron chi connectivity index (χ3n) is 3.13. The number of rotatable bonds is 2. The monoisotopic (exact) mass is 284 g/mol. The maximum absolute atomic E-state index is 12.0. The molecule has 3 atom stereocenters. The number of halogens is 1. The molecule has 1 rings (SSSR count). The third kappa shape index (κ3) is 4.12. The highest BCUT2D eigenvalue weighted by Gasteiger charge is 2.33. The van der Waals surface area contributed by atoms with Gasteiger partial charge in [-0.3, -0.25) is 4.79 Å². The van der Waals surface area contributed by atoms with Gasteiger partial charge < -0.3 is 10.6 Å². The van der Waals surface area contributed by atoms with Crippen LogP contribution in [-0.2, 0) is 14.6 Å². The maximum Gasteiger partial charge on any atom is 0.227 e. The van der Waals surface area contributed by atoms with Gasteiger partial charge in [-0.2, -0.15) is 0 Å². The van der Waals surface area contributed by atoms with Gasteiger partial charge in [-0.15, -0.1) is 12.4 Å². The SMILES string of the molecule is CC(N)C(C)C(=O)N1CCS(=O)(=O)CC1C.Cl. The molecule has 1 saturated heterocycles.